The van der Waals surface area contributed by atoms with Crippen molar-refractivity contribution in [2.24, 2.45) is 5.73 Å². The van der Waals surface area contributed by atoms with Crippen LogP contribution >= 0.6 is 11.8 Å². The second-order valence-electron chi connectivity index (χ2n) is 5.73. The molecule has 0 spiro atoms. The molecule has 1 aliphatic heterocycles. The third-order valence-corrected chi connectivity index (χ3v) is 5.09. The van der Waals surface area contributed by atoms with Gasteiger partial charge < -0.3 is 20.7 Å². The van der Waals surface area contributed by atoms with Crippen molar-refractivity contribution in [3.8, 4) is 0 Å². The van der Waals surface area contributed by atoms with Crippen molar-refractivity contribution in [2.75, 3.05) is 43.6 Å². The first-order valence-corrected chi connectivity index (χ1v) is 9.21. The summed E-state index contributed by atoms with van der Waals surface area (Å²) in [5.41, 5.74) is 7.63. The predicted octanol–water partition coefficient (Wildman–Crippen LogP) is 1.49. The van der Waals surface area contributed by atoms with Gasteiger partial charge in [-0.05, 0) is 24.6 Å². The van der Waals surface area contributed by atoms with Gasteiger partial charge in [-0.15, -0.1) is 0 Å². The largest absolute Gasteiger partial charge is 0.380 e. The van der Waals surface area contributed by atoms with Gasteiger partial charge in [0, 0.05) is 49.5 Å². The standard InChI is InChI=1S/C17H25N3O3S/c1-12-14(17(22)20-6-8-24-9-7-20)4-3-5-15(12)19-16(21)10-13(11-18)23-2/h3-5,13H,6-11,18H2,1-2H3,(H,19,21). The second-order valence-corrected chi connectivity index (χ2v) is 6.95. The first kappa shape index (κ1) is 18.8. The molecule has 7 heteroatoms. The minimum atomic E-state index is -0.305. The fraction of sp³-hybridized carbons (Fsp3) is 0.529. The number of nitrogens with zero attached hydrogens (tertiary/aromatic N) is 1. The monoisotopic (exact) mass is 351 g/mol. The van der Waals surface area contributed by atoms with Gasteiger partial charge in [-0.3, -0.25) is 9.59 Å². The van der Waals surface area contributed by atoms with E-state index in [-0.39, 0.29) is 30.9 Å². The highest BCUT2D eigenvalue weighted by atomic mass is 32.2. The Kier molecular flexibility index (Phi) is 7.08. The van der Waals surface area contributed by atoms with E-state index in [1.54, 1.807) is 12.1 Å². The topological polar surface area (TPSA) is 84.7 Å². The van der Waals surface area contributed by atoms with E-state index < -0.39 is 0 Å². The summed E-state index contributed by atoms with van der Waals surface area (Å²) in [5.74, 6) is 1.80. The number of carbonyl (C=O) groups excluding carboxylic acids is 2. The van der Waals surface area contributed by atoms with E-state index in [9.17, 15) is 9.59 Å². The lowest BCUT2D eigenvalue weighted by Gasteiger charge is -2.27. The maximum Gasteiger partial charge on any atom is 0.254 e. The third kappa shape index (κ3) is 4.72. The van der Waals surface area contributed by atoms with Gasteiger partial charge in [0.15, 0.2) is 0 Å². The molecule has 1 aliphatic rings. The van der Waals surface area contributed by atoms with Crippen LogP contribution in [0.4, 0.5) is 5.69 Å². The minimum Gasteiger partial charge on any atom is -0.380 e. The van der Waals surface area contributed by atoms with Crippen LogP contribution in [0.25, 0.3) is 0 Å². The van der Waals surface area contributed by atoms with Gasteiger partial charge in [-0.1, -0.05) is 6.07 Å². The molecule has 1 aromatic rings. The summed E-state index contributed by atoms with van der Waals surface area (Å²) in [5, 5.41) is 2.86. The van der Waals surface area contributed by atoms with E-state index in [4.69, 9.17) is 10.5 Å². The molecule has 1 atom stereocenters. The first-order valence-electron chi connectivity index (χ1n) is 8.06. The number of benzene rings is 1. The number of hydrogen-bond donors (Lipinski definition) is 2. The van der Waals surface area contributed by atoms with Crippen LogP contribution in [0.5, 0.6) is 0 Å². The molecule has 6 nitrogen and oxygen atoms in total. The number of hydrogen-bond acceptors (Lipinski definition) is 5. The maximum atomic E-state index is 12.7. The number of carbonyl (C=O) groups is 2. The highest BCUT2D eigenvalue weighted by Gasteiger charge is 2.21. The van der Waals surface area contributed by atoms with Crippen molar-refractivity contribution in [1.29, 1.82) is 0 Å². The number of methoxy groups -OCH3 is 1. The molecule has 0 radical (unpaired) electrons. The van der Waals surface area contributed by atoms with Crippen LogP contribution in [0.2, 0.25) is 0 Å². The van der Waals surface area contributed by atoms with Crippen LogP contribution in [-0.4, -0.2) is 61.1 Å². The van der Waals surface area contributed by atoms with E-state index in [1.807, 2.05) is 29.7 Å². The normalized spacial score (nSPS) is 15.9. The molecular formula is C17H25N3O3S. The Morgan fingerprint density at radius 1 is 1.38 bits per heavy atom. The first-order chi connectivity index (χ1) is 11.6. The van der Waals surface area contributed by atoms with Crippen molar-refractivity contribution < 1.29 is 14.3 Å². The fourth-order valence-corrected chi connectivity index (χ4v) is 3.51. The SMILES string of the molecule is COC(CN)CC(=O)Nc1cccc(C(=O)N2CCSCC2)c1C. The minimum absolute atomic E-state index is 0.0284. The predicted molar refractivity (Wildman–Crippen MR) is 97.5 cm³/mol. The van der Waals surface area contributed by atoms with Crippen molar-refractivity contribution in [2.45, 2.75) is 19.4 Å². The Bertz CT molecular complexity index is 584. The number of amides is 2. The number of nitrogens with one attached hydrogen (secondary N) is 1. The van der Waals surface area contributed by atoms with Gasteiger partial charge >= 0.3 is 0 Å². The molecule has 24 heavy (non-hydrogen) atoms. The summed E-state index contributed by atoms with van der Waals surface area (Å²) < 4.78 is 5.13. The molecule has 1 heterocycles. The molecule has 0 bridgehead atoms. The average molecular weight is 351 g/mol. The lowest BCUT2D eigenvalue weighted by atomic mass is 10.0. The van der Waals surface area contributed by atoms with E-state index in [1.165, 1.54) is 7.11 Å². The van der Waals surface area contributed by atoms with E-state index in [0.717, 1.165) is 30.2 Å². The fourth-order valence-electron chi connectivity index (χ4n) is 2.61. The quantitative estimate of drug-likeness (QED) is 0.811. The van der Waals surface area contributed by atoms with Crippen LogP contribution in [0.1, 0.15) is 22.3 Å². The molecule has 132 valence electrons. The Morgan fingerprint density at radius 3 is 2.71 bits per heavy atom. The lowest BCUT2D eigenvalue weighted by molar-refractivity contribution is -0.118. The molecule has 0 aliphatic carbocycles. The zero-order chi connectivity index (χ0) is 17.5. The van der Waals surface area contributed by atoms with Crippen LogP contribution < -0.4 is 11.1 Å². The molecule has 2 rings (SSSR count). The average Bonchev–Trinajstić information content (AvgIpc) is 2.61. The summed E-state index contributed by atoms with van der Waals surface area (Å²) in [6.07, 6.45) is -0.116. The number of ether oxygens (including phenoxy) is 1. The molecule has 2 amide bonds. The van der Waals surface area contributed by atoms with Crippen LogP contribution in [0.3, 0.4) is 0 Å². The summed E-state index contributed by atoms with van der Waals surface area (Å²) in [4.78, 5) is 26.7. The summed E-state index contributed by atoms with van der Waals surface area (Å²) in [6, 6.07) is 5.42. The Hall–Kier alpha value is -1.57. The number of thioether (sulfide) groups is 1. The van der Waals surface area contributed by atoms with Crippen LogP contribution in [0, 0.1) is 6.92 Å². The second kappa shape index (κ2) is 9.05. The van der Waals surface area contributed by atoms with E-state index in [2.05, 4.69) is 5.32 Å². The molecule has 3 N–H and O–H groups in total. The highest BCUT2D eigenvalue weighted by molar-refractivity contribution is 7.99. The van der Waals surface area contributed by atoms with Gasteiger partial charge in [-0.25, -0.2) is 0 Å². The smallest absolute Gasteiger partial charge is 0.254 e. The summed E-state index contributed by atoms with van der Waals surface area (Å²) in [6.45, 7) is 3.68. The van der Waals surface area contributed by atoms with Gasteiger partial charge in [0.1, 0.15) is 0 Å². The summed E-state index contributed by atoms with van der Waals surface area (Å²) in [7, 11) is 1.53. The van der Waals surface area contributed by atoms with E-state index in [0.29, 0.717) is 11.3 Å². The highest BCUT2D eigenvalue weighted by Crippen LogP contribution is 2.22. The molecular weight excluding hydrogens is 326 g/mol. The van der Waals surface area contributed by atoms with Gasteiger partial charge in [0.2, 0.25) is 5.91 Å². The molecule has 1 fully saturated rings. The molecule has 0 saturated carbocycles. The lowest BCUT2D eigenvalue weighted by Crippen LogP contribution is -2.38. The van der Waals surface area contributed by atoms with Gasteiger partial charge in [0.25, 0.3) is 5.91 Å². The molecule has 1 unspecified atom stereocenters. The van der Waals surface area contributed by atoms with Crippen molar-refractivity contribution >= 4 is 29.3 Å². The zero-order valence-electron chi connectivity index (χ0n) is 14.2. The van der Waals surface area contributed by atoms with Crippen molar-refractivity contribution in [3.63, 3.8) is 0 Å². The number of anilines is 1. The maximum absolute atomic E-state index is 12.7. The van der Waals surface area contributed by atoms with Crippen molar-refractivity contribution in [1.82, 2.24) is 4.90 Å². The van der Waals surface area contributed by atoms with Gasteiger partial charge in [-0.2, -0.15) is 11.8 Å². The number of nitrogens with two attached hydrogens (primary N) is 1. The zero-order valence-corrected chi connectivity index (χ0v) is 15.0. The van der Waals surface area contributed by atoms with Gasteiger partial charge in [0.05, 0.1) is 12.5 Å². The Labute approximate surface area is 147 Å². The molecule has 0 aromatic heterocycles. The summed E-state index contributed by atoms with van der Waals surface area (Å²) >= 11 is 1.86. The van der Waals surface area contributed by atoms with Crippen molar-refractivity contribution in [3.05, 3.63) is 29.3 Å². The number of rotatable bonds is 6. The molecule has 1 saturated heterocycles. The Balaban J connectivity index is 2.09. The molecule has 1 aromatic carbocycles. The van der Waals surface area contributed by atoms with E-state index >= 15 is 0 Å². The van der Waals surface area contributed by atoms with Crippen LogP contribution in [-0.2, 0) is 9.53 Å². The third-order valence-electron chi connectivity index (χ3n) is 4.15. The van der Waals surface area contributed by atoms with Crippen LogP contribution in [0.15, 0.2) is 18.2 Å². The Morgan fingerprint density at radius 2 is 2.08 bits per heavy atom.